The molecule has 2 aromatic carbocycles. The Morgan fingerprint density at radius 3 is 2.83 bits per heavy atom. The largest absolute Gasteiger partial charge is 0.489 e. The van der Waals surface area contributed by atoms with Crippen LogP contribution in [-0.2, 0) is 26.1 Å². The third-order valence-corrected chi connectivity index (χ3v) is 6.47. The summed E-state index contributed by atoms with van der Waals surface area (Å²) >= 11 is 0. The lowest BCUT2D eigenvalue weighted by molar-refractivity contribution is 0.241. The minimum absolute atomic E-state index is 0.0548. The molecule has 0 aliphatic carbocycles. The standard InChI is InChI=1S/C28H25N5O2/c34-28-23-10-12-33(17-26(23)31-27(32-28)20-7-4-11-29-14-20)16-21-15-30-25-9-8-22(13-24(21)25)35-18-19-5-2-1-3-6-19/h1-9,11,13-15,30H,10,12,16-18H2,(H,31,32,34). The molecule has 0 atom stereocenters. The predicted molar refractivity (Wildman–Crippen MR) is 135 cm³/mol. The zero-order chi connectivity index (χ0) is 23.6. The fraction of sp³-hybridized carbons (Fsp3) is 0.179. The van der Waals surface area contributed by atoms with Gasteiger partial charge in [-0.3, -0.25) is 14.7 Å². The number of fused-ring (bicyclic) bond motifs is 2. The summed E-state index contributed by atoms with van der Waals surface area (Å²) in [6, 6.07) is 20.1. The summed E-state index contributed by atoms with van der Waals surface area (Å²) in [5, 5.41) is 1.15. The van der Waals surface area contributed by atoms with E-state index < -0.39 is 0 Å². The summed E-state index contributed by atoms with van der Waals surface area (Å²) in [6.07, 6.45) is 6.17. The first-order valence-electron chi connectivity index (χ1n) is 11.7. The number of nitrogens with one attached hydrogen (secondary N) is 2. The van der Waals surface area contributed by atoms with E-state index in [1.165, 1.54) is 5.56 Å². The molecule has 7 nitrogen and oxygen atoms in total. The summed E-state index contributed by atoms with van der Waals surface area (Å²) in [5.41, 5.74) is 5.80. The van der Waals surface area contributed by atoms with Gasteiger partial charge in [-0.15, -0.1) is 0 Å². The van der Waals surface area contributed by atoms with Gasteiger partial charge in [-0.25, -0.2) is 4.98 Å². The highest BCUT2D eigenvalue weighted by atomic mass is 16.5. The Hall–Kier alpha value is -4.23. The van der Waals surface area contributed by atoms with Crippen LogP contribution in [0.25, 0.3) is 22.3 Å². The van der Waals surface area contributed by atoms with Crippen molar-refractivity contribution in [2.75, 3.05) is 6.54 Å². The molecule has 0 spiro atoms. The highest BCUT2D eigenvalue weighted by Crippen LogP contribution is 2.27. The molecule has 5 aromatic rings. The Bertz CT molecular complexity index is 1530. The highest BCUT2D eigenvalue weighted by molar-refractivity contribution is 5.84. The molecule has 0 fully saturated rings. The molecule has 0 radical (unpaired) electrons. The van der Waals surface area contributed by atoms with Crippen molar-refractivity contribution < 1.29 is 4.74 Å². The molecule has 1 aliphatic heterocycles. The summed E-state index contributed by atoms with van der Waals surface area (Å²) in [7, 11) is 0. The summed E-state index contributed by atoms with van der Waals surface area (Å²) < 4.78 is 6.05. The maximum atomic E-state index is 12.7. The zero-order valence-corrected chi connectivity index (χ0v) is 19.2. The summed E-state index contributed by atoms with van der Waals surface area (Å²) in [4.78, 5) is 30.3. The van der Waals surface area contributed by atoms with Gasteiger partial charge in [-0.05, 0) is 47.9 Å². The monoisotopic (exact) mass is 463 g/mol. The maximum absolute atomic E-state index is 12.7. The lowest BCUT2D eigenvalue weighted by Gasteiger charge is -2.27. The van der Waals surface area contributed by atoms with Gasteiger partial charge in [0.2, 0.25) is 0 Å². The molecular formula is C28H25N5O2. The van der Waals surface area contributed by atoms with Gasteiger partial charge in [-0.2, -0.15) is 0 Å². The van der Waals surface area contributed by atoms with Gasteiger partial charge < -0.3 is 14.7 Å². The van der Waals surface area contributed by atoms with E-state index >= 15 is 0 Å². The number of nitrogens with zero attached hydrogens (tertiary/aromatic N) is 3. The van der Waals surface area contributed by atoms with Gasteiger partial charge in [0.05, 0.1) is 5.69 Å². The van der Waals surface area contributed by atoms with Crippen molar-refractivity contribution in [2.45, 2.75) is 26.1 Å². The number of rotatable bonds is 6. The van der Waals surface area contributed by atoms with E-state index in [1.807, 2.05) is 36.4 Å². The second-order valence-electron chi connectivity index (χ2n) is 8.84. The van der Waals surface area contributed by atoms with Crippen LogP contribution < -0.4 is 10.3 Å². The molecule has 0 saturated carbocycles. The van der Waals surface area contributed by atoms with Gasteiger partial charge in [0.1, 0.15) is 18.2 Å². The lowest BCUT2D eigenvalue weighted by atomic mass is 10.0. The Morgan fingerprint density at radius 1 is 1.06 bits per heavy atom. The number of ether oxygens (including phenoxy) is 1. The van der Waals surface area contributed by atoms with E-state index in [1.54, 1.807) is 12.4 Å². The molecule has 7 heteroatoms. The predicted octanol–water partition coefficient (Wildman–Crippen LogP) is 4.45. The molecule has 174 valence electrons. The van der Waals surface area contributed by atoms with Crippen molar-refractivity contribution in [1.82, 2.24) is 24.8 Å². The van der Waals surface area contributed by atoms with Crippen LogP contribution in [-0.4, -0.2) is 31.4 Å². The zero-order valence-electron chi connectivity index (χ0n) is 19.2. The number of pyridine rings is 1. The average Bonchev–Trinajstić information content (AvgIpc) is 3.30. The second-order valence-corrected chi connectivity index (χ2v) is 8.84. The molecule has 0 unspecified atom stereocenters. The Morgan fingerprint density at radius 2 is 1.97 bits per heavy atom. The smallest absolute Gasteiger partial charge is 0.254 e. The van der Waals surface area contributed by atoms with Crippen LogP contribution in [0, 0.1) is 0 Å². The molecule has 4 heterocycles. The lowest BCUT2D eigenvalue weighted by Crippen LogP contribution is -2.35. The van der Waals surface area contributed by atoms with E-state index in [2.05, 4.69) is 50.3 Å². The van der Waals surface area contributed by atoms with Crippen LogP contribution in [0.4, 0.5) is 0 Å². The minimum atomic E-state index is -0.0548. The fourth-order valence-electron chi connectivity index (χ4n) is 4.63. The van der Waals surface area contributed by atoms with E-state index in [0.29, 0.717) is 25.4 Å². The first kappa shape index (κ1) is 21.3. The van der Waals surface area contributed by atoms with Crippen molar-refractivity contribution in [3.63, 3.8) is 0 Å². The molecule has 3 aromatic heterocycles. The topological polar surface area (TPSA) is 86.9 Å². The highest BCUT2D eigenvalue weighted by Gasteiger charge is 2.22. The summed E-state index contributed by atoms with van der Waals surface area (Å²) in [6.45, 7) is 2.73. The molecular weight excluding hydrogens is 438 g/mol. The van der Waals surface area contributed by atoms with Crippen LogP contribution in [0.3, 0.4) is 0 Å². The Kier molecular flexibility index (Phi) is 5.60. The van der Waals surface area contributed by atoms with E-state index in [4.69, 9.17) is 9.72 Å². The summed E-state index contributed by atoms with van der Waals surface area (Å²) in [5.74, 6) is 1.41. The number of aromatic amines is 2. The number of hydrogen-bond acceptors (Lipinski definition) is 5. The van der Waals surface area contributed by atoms with E-state index in [-0.39, 0.29) is 5.56 Å². The van der Waals surface area contributed by atoms with Crippen molar-refractivity contribution in [3.05, 3.63) is 112 Å². The SMILES string of the molecule is O=c1[nH]c(-c2cccnc2)nc2c1CCN(Cc1c[nH]c3ccc(OCc4ccccc4)cc13)C2. The Balaban J connectivity index is 1.21. The molecule has 1 aliphatic rings. The molecule has 35 heavy (non-hydrogen) atoms. The third kappa shape index (κ3) is 4.46. The molecule has 0 bridgehead atoms. The van der Waals surface area contributed by atoms with E-state index in [0.717, 1.165) is 52.1 Å². The molecule has 2 N–H and O–H groups in total. The number of hydrogen-bond donors (Lipinski definition) is 2. The fourth-order valence-corrected chi connectivity index (χ4v) is 4.63. The Labute approximate surface area is 202 Å². The van der Waals surface area contributed by atoms with E-state index in [9.17, 15) is 4.79 Å². The quantitative estimate of drug-likeness (QED) is 0.389. The van der Waals surface area contributed by atoms with Gasteiger partial charge in [0, 0.05) is 60.3 Å². The number of aromatic nitrogens is 4. The second kappa shape index (κ2) is 9.19. The van der Waals surface area contributed by atoms with Crippen molar-refractivity contribution in [1.29, 1.82) is 0 Å². The van der Waals surface area contributed by atoms with Crippen molar-refractivity contribution in [2.24, 2.45) is 0 Å². The molecule has 0 amide bonds. The van der Waals surface area contributed by atoms with Crippen LogP contribution in [0.5, 0.6) is 5.75 Å². The van der Waals surface area contributed by atoms with Gasteiger partial charge in [0.25, 0.3) is 5.56 Å². The first-order chi connectivity index (χ1) is 17.2. The van der Waals surface area contributed by atoms with Crippen molar-refractivity contribution in [3.8, 4) is 17.1 Å². The molecule has 6 rings (SSSR count). The molecule has 0 saturated heterocycles. The minimum Gasteiger partial charge on any atom is -0.489 e. The first-order valence-corrected chi connectivity index (χ1v) is 11.7. The normalized spacial score (nSPS) is 13.6. The third-order valence-electron chi connectivity index (χ3n) is 6.47. The van der Waals surface area contributed by atoms with Crippen LogP contribution in [0.2, 0.25) is 0 Å². The average molecular weight is 464 g/mol. The van der Waals surface area contributed by atoms with Crippen molar-refractivity contribution >= 4 is 10.9 Å². The van der Waals surface area contributed by atoms with Crippen LogP contribution in [0.1, 0.15) is 22.4 Å². The number of benzene rings is 2. The van der Waals surface area contributed by atoms with Gasteiger partial charge >= 0.3 is 0 Å². The van der Waals surface area contributed by atoms with Gasteiger partial charge in [0.15, 0.2) is 0 Å². The van der Waals surface area contributed by atoms with Gasteiger partial charge in [-0.1, -0.05) is 30.3 Å². The number of H-pyrrole nitrogens is 2. The van der Waals surface area contributed by atoms with Crippen LogP contribution in [0.15, 0.2) is 84.0 Å². The van der Waals surface area contributed by atoms with Crippen LogP contribution >= 0.6 is 0 Å². The maximum Gasteiger partial charge on any atom is 0.254 e.